The molecule has 68 valence electrons. The molecule has 4 nitrogen and oxygen atoms in total. The number of hydrogen-bond acceptors (Lipinski definition) is 4. The van der Waals surface area contributed by atoms with Crippen LogP contribution in [0.4, 0.5) is 0 Å². The van der Waals surface area contributed by atoms with Crippen LogP contribution < -0.4 is 0 Å². The lowest BCUT2D eigenvalue weighted by atomic mass is 9.92. The molecule has 4 heteroatoms. The Bertz CT molecular complexity index is 219. The van der Waals surface area contributed by atoms with Gasteiger partial charge in [-0.3, -0.25) is 4.79 Å². The summed E-state index contributed by atoms with van der Waals surface area (Å²) >= 11 is 0. The average Bonchev–Trinajstić information content (AvgIpc) is 2.03. The molecule has 0 spiro atoms. The molecule has 0 saturated heterocycles. The summed E-state index contributed by atoms with van der Waals surface area (Å²) in [4.78, 5) is 11.2. The van der Waals surface area contributed by atoms with Gasteiger partial charge in [-0.15, -0.1) is 0 Å². The van der Waals surface area contributed by atoms with Crippen molar-refractivity contribution in [3.8, 4) is 0 Å². The maximum absolute atomic E-state index is 11.2. The van der Waals surface area contributed by atoms with E-state index in [1.54, 1.807) is 0 Å². The first-order valence-corrected chi connectivity index (χ1v) is 3.79. The van der Waals surface area contributed by atoms with Gasteiger partial charge in [-0.25, -0.2) is 0 Å². The molecule has 0 aromatic carbocycles. The Hall–Kier alpha value is -1.03. The Balaban J connectivity index is 2.79. The van der Waals surface area contributed by atoms with Crippen molar-refractivity contribution in [2.45, 2.75) is 12.8 Å². The van der Waals surface area contributed by atoms with Gasteiger partial charge in [0.25, 0.3) is 0 Å². The van der Waals surface area contributed by atoms with Crippen molar-refractivity contribution in [2.24, 2.45) is 5.92 Å². The summed E-state index contributed by atoms with van der Waals surface area (Å²) < 4.78 is 4.71. The maximum Gasteiger partial charge on any atom is 0.201 e. The number of allylic oxidation sites excluding steroid dienone is 2. The molecule has 0 amide bonds. The first kappa shape index (κ1) is 9.06. The first-order chi connectivity index (χ1) is 5.69. The highest BCUT2D eigenvalue weighted by Gasteiger charge is 2.27. The molecule has 1 atom stereocenters. The topological polar surface area (TPSA) is 66.8 Å². The second-order valence-corrected chi connectivity index (χ2v) is 2.86. The average molecular weight is 172 g/mol. The normalized spacial score (nSPS) is 24.5. The minimum absolute atomic E-state index is 0.0414. The molecular weight excluding hydrogens is 160 g/mol. The predicted molar refractivity (Wildman–Crippen MR) is 41.5 cm³/mol. The van der Waals surface area contributed by atoms with Crippen molar-refractivity contribution >= 4 is 5.78 Å². The summed E-state index contributed by atoms with van der Waals surface area (Å²) in [5.41, 5.74) is 0. The standard InChI is InChI=1S/C8H12O4/c1-12-8-6(10)2-5(4-9)3-7(8)11/h5,9-10H,2-4H2,1H3. The Morgan fingerprint density at radius 2 is 2.25 bits per heavy atom. The van der Waals surface area contributed by atoms with Crippen LogP contribution in [0.2, 0.25) is 0 Å². The molecule has 1 unspecified atom stereocenters. The zero-order chi connectivity index (χ0) is 9.14. The van der Waals surface area contributed by atoms with Gasteiger partial charge in [-0.05, 0) is 5.92 Å². The summed E-state index contributed by atoms with van der Waals surface area (Å²) in [7, 11) is 1.35. The van der Waals surface area contributed by atoms with Crippen LogP contribution in [-0.4, -0.2) is 29.7 Å². The van der Waals surface area contributed by atoms with E-state index in [0.29, 0.717) is 6.42 Å². The fourth-order valence-electron chi connectivity index (χ4n) is 1.31. The van der Waals surface area contributed by atoms with E-state index in [0.717, 1.165) is 0 Å². The summed E-state index contributed by atoms with van der Waals surface area (Å²) in [6.07, 6.45) is 0.579. The monoisotopic (exact) mass is 172 g/mol. The van der Waals surface area contributed by atoms with Gasteiger partial charge in [0.2, 0.25) is 5.78 Å². The van der Waals surface area contributed by atoms with Gasteiger partial charge in [0, 0.05) is 19.4 Å². The van der Waals surface area contributed by atoms with E-state index in [2.05, 4.69) is 0 Å². The summed E-state index contributed by atoms with van der Waals surface area (Å²) in [5, 5.41) is 18.0. The number of aliphatic hydroxyl groups is 2. The second kappa shape index (κ2) is 3.58. The Labute approximate surface area is 70.5 Å². The van der Waals surface area contributed by atoms with Crippen LogP contribution in [0.25, 0.3) is 0 Å². The molecule has 0 fully saturated rings. The molecule has 2 N–H and O–H groups in total. The quantitative estimate of drug-likeness (QED) is 0.631. The molecule has 1 rings (SSSR count). The lowest BCUT2D eigenvalue weighted by Gasteiger charge is -2.20. The number of rotatable bonds is 2. The third kappa shape index (κ3) is 1.58. The van der Waals surface area contributed by atoms with Crippen LogP contribution in [0, 0.1) is 5.92 Å². The van der Waals surface area contributed by atoms with Gasteiger partial charge in [-0.1, -0.05) is 0 Å². The number of carbonyl (C=O) groups excluding carboxylic acids is 1. The van der Waals surface area contributed by atoms with Gasteiger partial charge in [0.05, 0.1) is 7.11 Å². The summed E-state index contributed by atoms with van der Waals surface area (Å²) in [6, 6.07) is 0. The van der Waals surface area contributed by atoms with E-state index in [1.165, 1.54) is 7.11 Å². The van der Waals surface area contributed by atoms with Crippen LogP contribution in [0.5, 0.6) is 0 Å². The van der Waals surface area contributed by atoms with E-state index in [-0.39, 0.29) is 36.2 Å². The fourth-order valence-corrected chi connectivity index (χ4v) is 1.31. The second-order valence-electron chi connectivity index (χ2n) is 2.86. The number of carbonyl (C=O) groups is 1. The molecule has 0 saturated carbocycles. The third-order valence-corrected chi connectivity index (χ3v) is 1.93. The minimum Gasteiger partial charge on any atom is -0.508 e. The van der Waals surface area contributed by atoms with Crippen molar-refractivity contribution in [2.75, 3.05) is 13.7 Å². The first-order valence-electron chi connectivity index (χ1n) is 3.79. The number of Topliss-reactive ketones (excluding diaryl/α,β-unsaturated/α-hetero) is 1. The lowest BCUT2D eigenvalue weighted by molar-refractivity contribution is -0.121. The number of aliphatic hydroxyl groups excluding tert-OH is 2. The van der Waals surface area contributed by atoms with E-state index in [4.69, 9.17) is 9.84 Å². The van der Waals surface area contributed by atoms with Gasteiger partial charge in [-0.2, -0.15) is 0 Å². The molecule has 0 bridgehead atoms. The van der Waals surface area contributed by atoms with E-state index < -0.39 is 0 Å². The third-order valence-electron chi connectivity index (χ3n) is 1.93. The number of ether oxygens (including phenoxy) is 1. The predicted octanol–water partition coefficient (Wildman–Crippen LogP) is 0.374. The molecular formula is C8H12O4. The summed E-state index contributed by atoms with van der Waals surface area (Å²) in [5.74, 6) is -0.399. The Kier molecular flexibility index (Phi) is 2.70. The zero-order valence-corrected chi connectivity index (χ0v) is 6.91. The number of hydrogen-bond donors (Lipinski definition) is 2. The summed E-state index contributed by atoms with van der Waals surface area (Å²) in [6.45, 7) is -0.0766. The van der Waals surface area contributed by atoms with Crippen molar-refractivity contribution in [1.29, 1.82) is 0 Å². The largest absolute Gasteiger partial charge is 0.508 e. The highest BCUT2D eigenvalue weighted by Crippen LogP contribution is 2.25. The van der Waals surface area contributed by atoms with Crippen LogP contribution in [0.15, 0.2) is 11.5 Å². The van der Waals surface area contributed by atoms with Crippen LogP contribution >= 0.6 is 0 Å². The van der Waals surface area contributed by atoms with Crippen molar-refractivity contribution in [3.05, 3.63) is 11.5 Å². The molecule has 0 aliphatic heterocycles. The van der Waals surface area contributed by atoms with Crippen molar-refractivity contribution in [3.63, 3.8) is 0 Å². The lowest BCUT2D eigenvalue weighted by Crippen LogP contribution is -2.22. The van der Waals surface area contributed by atoms with Crippen LogP contribution in [0.1, 0.15) is 12.8 Å². The smallest absolute Gasteiger partial charge is 0.201 e. The Morgan fingerprint density at radius 3 is 2.67 bits per heavy atom. The molecule has 0 aromatic heterocycles. The van der Waals surface area contributed by atoms with Gasteiger partial charge < -0.3 is 14.9 Å². The number of methoxy groups -OCH3 is 1. The van der Waals surface area contributed by atoms with Gasteiger partial charge in [0.15, 0.2) is 5.76 Å². The van der Waals surface area contributed by atoms with E-state index in [9.17, 15) is 9.90 Å². The fraction of sp³-hybridized carbons (Fsp3) is 0.625. The SMILES string of the molecule is COC1=C(O)CC(CO)CC1=O. The van der Waals surface area contributed by atoms with Crippen LogP contribution in [0.3, 0.4) is 0 Å². The van der Waals surface area contributed by atoms with E-state index >= 15 is 0 Å². The minimum atomic E-state index is -0.236. The number of ketones is 1. The van der Waals surface area contributed by atoms with E-state index in [1.807, 2.05) is 0 Å². The molecule has 1 aliphatic rings. The Morgan fingerprint density at radius 1 is 1.58 bits per heavy atom. The molecule has 0 heterocycles. The molecule has 0 radical (unpaired) electrons. The van der Waals surface area contributed by atoms with Crippen molar-refractivity contribution < 1.29 is 19.7 Å². The van der Waals surface area contributed by atoms with Gasteiger partial charge in [0.1, 0.15) is 5.76 Å². The highest BCUT2D eigenvalue weighted by molar-refractivity contribution is 5.94. The zero-order valence-electron chi connectivity index (χ0n) is 6.91. The highest BCUT2D eigenvalue weighted by atomic mass is 16.5. The molecule has 0 aromatic rings. The van der Waals surface area contributed by atoms with Crippen LogP contribution in [-0.2, 0) is 9.53 Å². The van der Waals surface area contributed by atoms with Crippen molar-refractivity contribution in [1.82, 2.24) is 0 Å². The van der Waals surface area contributed by atoms with Gasteiger partial charge >= 0.3 is 0 Å². The maximum atomic E-state index is 11.2. The molecule has 1 aliphatic carbocycles. The molecule has 12 heavy (non-hydrogen) atoms.